The number of rotatable bonds is 5. The van der Waals surface area contributed by atoms with Gasteiger partial charge in [-0.3, -0.25) is 9.59 Å². The molecule has 0 aromatic heterocycles. The number of thioether (sulfide) groups is 1. The molecule has 2 aliphatic rings. The van der Waals surface area contributed by atoms with Gasteiger partial charge in [0.25, 0.3) is 0 Å². The van der Waals surface area contributed by atoms with Gasteiger partial charge >= 0.3 is 5.97 Å². The number of ketones is 1. The van der Waals surface area contributed by atoms with Crippen molar-refractivity contribution in [3.63, 3.8) is 0 Å². The minimum Gasteiger partial charge on any atom is -0.465 e. The Morgan fingerprint density at radius 2 is 2.18 bits per heavy atom. The Hall–Kier alpha value is -1.94. The molecule has 1 aliphatic carbocycles. The molecule has 146 valence electrons. The number of carbonyl (C=O) groups is 2. The second kappa shape index (κ2) is 9.04. The van der Waals surface area contributed by atoms with Crippen LogP contribution in [0.3, 0.4) is 0 Å². The van der Waals surface area contributed by atoms with Crippen molar-refractivity contribution in [2.24, 2.45) is 0 Å². The maximum absolute atomic E-state index is 12.7. The van der Waals surface area contributed by atoms with Crippen LogP contribution in [0.5, 0.6) is 0 Å². The predicted molar refractivity (Wildman–Crippen MR) is 110 cm³/mol. The minimum atomic E-state index is -0.607. The number of ether oxygens (including phenoxy) is 1. The Morgan fingerprint density at radius 1 is 1.39 bits per heavy atom. The molecular formula is C20H18Cl2N2O3S. The van der Waals surface area contributed by atoms with Crippen LogP contribution in [0.4, 0.5) is 0 Å². The van der Waals surface area contributed by atoms with Crippen LogP contribution in [0.25, 0.3) is 0 Å². The van der Waals surface area contributed by atoms with E-state index in [1.807, 2.05) is 0 Å². The summed E-state index contributed by atoms with van der Waals surface area (Å²) < 4.78 is 4.97. The van der Waals surface area contributed by atoms with Crippen LogP contribution < -0.4 is 5.32 Å². The monoisotopic (exact) mass is 436 g/mol. The molecular weight excluding hydrogens is 419 g/mol. The summed E-state index contributed by atoms with van der Waals surface area (Å²) >= 11 is 13.8. The Kier molecular flexibility index (Phi) is 6.71. The van der Waals surface area contributed by atoms with E-state index in [1.54, 1.807) is 25.1 Å². The first-order valence-corrected chi connectivity index (χ1v) is 10.6. The summed E-state index contributed by atoms with van der Waals surface area (Å²) in [5.41, 5.74) is 2.31. The van der Waals surface area contributed by atoms with Gasteiger partial charge in [-0.1, -0.05) is 47.1 Å². The summed E-state index contributed by atoms with van der Waals surface area (Å²) in [6.45, 7) is 2.03. The molecule has 0 radical (unpaired) electrons. The number of benzene rings is 1. The Bertz CT molecular complexity index is 934. The predicted octanol–water partition coefficient (Wildman–Crippen LogP) is 4.72. The number of nitrogens with zero attached hydrogens (tertiary/aromatic N) is 1. The van der Waals surface area contributed by atoms with Crippen LogP contribution in [0.15, 0.2) is 40.1 Å². The lowest BCUT2D eigenvalue weighted by Gasteiger charge is -2.33. The summed E-state index contributed by atoms with van der Waals surface area (Å²) in [7, 11) is 0. The van der Waals surface area contributed by atoms with Crippen molar-refractivity contribution in [3.05, 3.63) is 55.7 Å². The number of allylic oxidation sites excluding steroid dienone is 3. The molecule has 28 heavy (non-hydrogen) atoms. The molecule has 0 saturated carbocycles. The SMILES string of the molecule is CCOC(=O)CSC1=C(C#N)[C@@H](c2cccc(Cl)c2Cl)C2=C(CCCC2=O)N1. The van der Waals surface area contributed by atoms with E-state index in [2.05, 4.69) is 11.4 Å². The van der Waals surface area contributed by atoms with Crippen LogP contribution in [-0.2, 0) is 14.3 Å². The lowest BCUT2D eigenvalue weighted by molar-refractivity contribution is -0.139. The van der Waals surface area contributed by atoms with Gasteiger partial charge in [-0.25, -0.2) is 0 Å². The molecule has 0 amide bonds. The molecule has 1 atom stereocenters. The average Bonchev–Trinajstić information content (AvgIpc) is 2.68. The lowest BCUT2D eigenvalue weighted by atomic mass is 9.77. The molecule has 1 heterocycles. The molecule has 5 nitrogen and oxygen atoms in total. The molecule has 1 aromatic rings. The van der Waals surface area contributed by atoms with Gasteiger partial charge < -0.3 is 10.1 Å². The van der Waals surface area contributed by atoms with E-state index in [0.717, 1.165) is 12.1 Å². The molecule has 1 N–H and O–H groups in total. The number of hydrogen-bond donors (Lipinski definition) is 1. The topological polar surface area (TPSA) is 79.2 Å². The van der Waals surface area contributed by atoms with Crippen LogP contribution in [0.1, 0.15) is 37.7 Å². The zero-order valence-corrected chi connectivity index (χ0v) is 17.5. The van der Waals surface area contributed by atoms with Gasteiger partial charge in [0.1, 0.15) is 0 Å². The lowest BCUT2D eigenvalue weighted by Crippen LogP contribution is -2.31. The number of carbonyl (C=O) groups excluding carboxylic acids is 2. The number of esters is 1. The van der Waals surface area contributed by atoms with Gasteiger partial charge in [0, 0.05) is 17.7 Å². The van der Waals surface area contributed by atoms with Gasteiger partial charge in [0.2, 0.25) is 0 Å². The van der Waals surface area contributed by atoms with Gasteiger partial charge in [-0.05, 0) is 31.4 Å². The van der Waals surface area contributed by atoms with Crippen molar-refractivity contribution < 1.29 is 14.3 Å². The van der Waals surface area contributed by atoms with Crippen molar-refractivity contribution >= 4 is 46.7 Å². The normalized spacial score (nSPS) is 19.1. The highest BCUT2D eigenvalue weighted by atomic mass is 35.5. The molecule has 0 saturated heterocycles. The Labute approximate surface area is 177 Å². The van der Waals surface area contributed by atoms with Crippen LogP contribution in [0, 0.1) is 11.3 Å². The van der Waals surface area contributed by atoms with Gasteiger partial charge in [0.15, 0.2) is 5.78 Å². The molecule has 0 bridgehead atoms. The van der Waals surface area contributed by atoms with E-state index in [0.29, 0.717) is 51.2 Å². The highest BCUT2D eigenvalue weighted by molar-refractivity contribution is 8.03. The van der Waals surface area contributed by atoms with Crippen molar-refractivity contribution in [1.29, 1.82) is 5.26 Å². The quantitative estimate of drug-likeness (QED) is 0.672. The molecule has 1 aliphatic heterocycles. The molecule has 0 unspecified atom stereocenters. The molecule has 0 fully saturated rings. The van der Waals surface area contributed by atoms with E-state index in [9.17, 15) is 14.9 Å². The zero-order valence-electron chi connectivity index (χ0n) is 15.2. The summed E-state index contributed by atoms with van der Waals surface area (Å²) in [6.07, 6.45) is 1.86. The number of halogens is 2. The van der Waals surface area contributed by atoms with Crippen molar-refractivity contribution in [3.8, 4) is 6.07 Å². The largest absolute Gasteiger partial charge is 0.465 e. The minimum absolute atomic E-state index is 0.00279. The fourth-order valence-corrected chi connectivity index (χ4v) is 4.70. The van der Waals surface area contributed by atoms with Gasteiger partial charge in [-0.15, -0.1) is 0 Å². The van der Waals surface area contributed by atoms with E-state index in [-0.39, 0.29) is 17.5 Å². The first-order chi connectivity index (χ1) is 13.5. The van der Waals surface area contributed by atoms with Gasteiger partial charge in [0.05, 0.1) is 45.0 Å². The second-order valence-corrected chi connectivity index (χ2v) is 8.09. The van der Waals surface area contributed by atoms with Crippen LogP contribution in [0.2, 0.25) is 10.0 Å². The summed E-state index contributed by atoms with van der Waals surface area (Å²) in [6, 6.07) is 7.41. The van der Waals surface area contributed by atoms with E-state index in [1.165, 1.54) is 11.8 Å². The zero-order chi connectivity index (χ0) is 20.3. The first kappa shape index (κ1) is 20.8. The Morgan fingerprint density at radius 3 is 2.89 bits per heavy atom. The summed E-state index contributed by atoms with van der Waals surface area (Å²) in [5, 5.41) is 14.4. The Balaban J connectivity index is 2.09. The van der Waals surface area contributed by atoms with E-state index >= 15 is 0 Å². The summed E-state index contributed by atoms with van der Waals surface area (Å²) in [5.74, 6) is -0.911. The first-order valence-electron chi connectivity index (χ1n) is 8.87. The highest BCUT2D eigenvalue weighted by Crippen LogP contribution is 2.46. The van der Waals surface area contributed by atoms with Crippen LogP contribution >= 0.6 is 35.0 Å². The van der Waals surface area contributed by atoms with Crippen LogP contribution in [-0.4, -0.2) is 24.1 Å². The number of Topliss-reactive ketones (excluding diaryl/α,β-unsaturated/α-hetero) is 1. The fraction of sp³-hybridized carbons (Fsp3) is 0.350. The smallest absolute Gasteiger partial charge is 0.316 e. The highest BCUT2D eigenvalue weighted by Gasteiger charge is 2.38. The van der Waals surface area contributed by atoms with Crippen molar-refractivity contribution in [2.45, 2.75) is 32.1 Å². The third-order valence-electron chi connectivity index (χ3n) is 4.60. The molecule has 1 aromatic carbocycles. The standard InChI is InChI=1S/C20H18Cl2N2O3S/c1-2-27-16(26)10-28-20-12(9-23)17(11-5-3-6-13(21)19(11)22)18-14(24-20)7-4-8-15(18)25/h3,5-6,17,24H,2,4,7-8,10H2,1H3/t17-/m1/s1. The summed E-state index contributed by atoms with van der Waals surface area (Å²) in [4.78, 5) is 24.5. The number of dihydropyridines is 1. The van der Waals surface area contributed by atoms with E-state index in [4.69, 9.17) is 27.9 Å². The molecule has 0 spiro atoms. The number of nitrogens with one attached hydrogen (secondary N) is 1. The second-order valence-electron chi connectivity index (χ2n) is 6.32. The third kappa shape index (κ3) is 4.07. The van der Waals surface area contributed by atoms with E-state index < -0.39 is 5.92 Å². The average molecular weight is 437 g/mol. The molecule has 3 rings (SSSR count). The number of nitriles is 1. The fourth-order valence-electron chi connectivity index (χ4n) is 3.43. The maximum Gasteiger partial charge on any atom is 0.316 e. The van der Waals surface area contributed by atoms with Crippen molar-refractivity contribution in [1.82, 2.24) is 5.32 Å². The van der Waals surface area contributed by atoms with Gasteiger partial charge in [-0.2, -0.15) is 5.26 Å². The maximum atomic E-state index is 12.7. The van der Waals surface area contributed by atoms with Crippen molar-refractivity contribution in [2.75, 3.05) is 12.4 Å². The number of hydrogen-bond acceptors (Lipinski definition) is 6. The third-order valence-corrected chi connectivity index (χ3v) is 6.42. The molecule has 8 heteroatoms.